The van der Waals surface area contributed by atoms with Crippen molar-refractivity contribution < 1.29 is 19.1 Å². The van der Waals surface area contributed by atoms with Gasteiger partial charge in [-0.2, -0.15) is 0 Å². The Balaban J connectivity index is 2.24. The van der Waals surface area contributed by atoms with Crippen molar-refractivity contribution in [3.05, 3.63) is 17.7 Å². The van der Waals surface area contributed by atoms with Crippen LogP contribution in [-0.4, -0.2) is 50.6 Å². The van der Waals surface area contributed by atoms with E-state index < -0.39 is 11.9 Å². The van der Waals surface area contributed by atoms with E-state index in [-0.39, 0.29) is 17.2 Å². The number of nitrogens with zero attached hydrogens (tertiary/aromatic N) is 1. The molecule has 0 bridgehead atoms. The SMILES string of the molecule is COc1cc(OC)c(N)c(C(=O)NC2CCN(C)C2=O)c1. The molecule has 0 saturated carbocycles. The van der Waals surface area contributed by atoms with Gasteiger partial charge in [0.15, 0.2) is 0 Å². The molecule has 0 aliphatic carbocycles. The summed E-state index contributed by atoms with van der Waals surface area (Å²) in [4.78, 5) is 25.8. The van der Waals surface area contributed by atoms with Crippen molar-refractivity contribution in [2.45, 2.75) is 12.5 Å². The Morgan fingerprint density at radius 3 is 2.62 bits per heavy atom. The summed E-state index contributed by atoms with van der Waals surface area (Å²) in [5.74, 6) is 0.297. The number of nitrogen functional groups attached to an aromatic ring is 1. The first kappa shape index (κ1) is 15.0. The zero-order valence-electron chi connectivity index (χ0n) is 12.3. The Labute approximate surface area is 123 Å². The third-order valence-electron chi connectivity index (χ3n) is 3.55. The fourth-order valence-electron chi connectivity index (χ4n) is 2.27. The lowest BCUT2D eigenvalue weighted by Gasteiger charge is -2.15. The molecule has 2 rings (SSSR count). The van der Waals surface area contributed by atoms with Gasteiger partial charge < -0.3 is 25.4 Å². The standard InChI is InChI=1S/C14H19N3O4/c1-17-5-4-10(14(17)19)16-13(18)9-6-8(20-2)7-11(21-3)12(9)15/h6-7,10H,4-5,15H2,1-3H3,(H,16,18). The second-order valence-electron chi connectivity index (χ2n) is 4.87. The van der Waals surface area contributed by atoms with Gasteiger partial charge in [0.2, 0.25) is 5.91 Å². The predicted molar refractivity (Wildman–Crippen MR) is 77.5 cm³/mol. The number of likely N-dealkylation sites (N-methyl/N-ethyl adjacent to an activating group) is 1. The summed E-state index contributed by atoms with van der Waals surface area (Å²) in [6.45, 7) is 0.626. The average Bonchev–Trinajstić information content (AvgIpc) is 2.79. The molecule has 0 aromatic heterocycles. The molecule has 1 aromatic carbocycles. The number of benzene rings is 1. The van der Waals surface area contributed by atoms with Gasteiger partial charge in [-0.15, -0.1) is 0 Å². The van der Waals surface area contributed by atoms with Gasteiger partial charge in [-0.25, -0.2) is 0 Å². The van der Waals surface area contributed by atoms with E-state index in [0.717, 1.165) is 0 Å². The van der Waals surface area contributed by atoms with Crippen molar-refractivity contribution in [2.75, 3.05) is 33.5 Å². The summed E-state index contributed by atoms with van der Waals surface area (Å²) in [6, 6.07) is 2.61. The largest absolute Gasteiger partial charge is 0.497 e. The summed E-state index contributed by atoms with van der Waals surface area (Å²) >= 11 is 0. The van der Waals surface area contributed by atoms with Gasteiger partial charge in [0.1, 0.15) is 17.5 Å². The van der Waals surface area contributed by atoms with Gasteiger partial charge in [0.05, 0.1) is 25.5 Å². The zero-order chi connectivity index (χ0) is 15.6. The second-order valence-corrected chi connectivity index (χ2v) is 4.87. The number of anilines is 1. The summed E-state index contributed by atoms with van der Waals surface area (Å²) in [5, 5.41) is 2.70. The Kier molecular flexibility index (Phi) is 4.21. The van der Waals surface area contributed by atoms with Crippen molar-refractivity contribution in [2.24, 2.45) is 0 Å². The molecular formula is C14H19N3O4. The number of hydrogen-bond acceptors (Lipinski definition) is 5. The molecule has 114 valence electrons. The normalized spacial score (nSPS) is 17.8. The molecule has 3 N–H and O–H groups in total. The molecule has 1 heterocycles. The molecule has 2 amide bonds. The molecule has 1 aromatic rings. The van der Waals surface area contributed by atoms with Crippen molar-refractivity contribution in [3.8, 4) is 11.5 Å². The number of hydrogen-bond donors (Lipinski definition) is 2. The van der Waals surface area contributed by atoms with Crippen LogP contribution in [0.1, 0.15) is 16.8 Å². The van der Waals surface area contributed by atoms with Crippen LogP contribution in [0.25, 0.3) is 0 Å². The lowest BCUT2D eigenvalue weighted by Crippen LogP contribution is -2.40. The van der Waals surface area contributed by atoms with E-state index in [0.29, 0.717) is 24.5 Å². The number of carbonyl (C=O) groups is 2. The minimum Gasteiger partial charge on any atom is -0.497 e. The quantitative estimate of drug-likeness (QED) is 0.776. The fraction of sp³-hybridized carbons (Fsp3) is 0.429. The van der Waals surface area contributed by atoms with E-state index in [1.54, 1.807) is 18.0 Å². The maximum Gasteiger partial charge on any atom is 0.254 e. The van der Waals surface area contributed by atoms with Crippen LogP contribution in [0.15, 0.2) is 12.1 Å². The molecule has 1 aliphatic rings. The van der Waals surface area contributed by atoms with E-state index in [9.17, 15) is 9.59 Å². The number of amides is 2. The van der Waals surface area contributed by atoms with Crippen molar-refractivity contribution in [3.63, 3.8) is 0 Å². The van der Waals surface area contributed by atoms with Crippen molar-refractivity contribution in [1.29, 1.82) is 0 Å². The zero-order valence-corrected chi connectivity index (χ0v) is 12.3. The topological polar surface area (TPSA) is 93.9 Å². The maximum atomic E-state index is 12.3. The first-order valence-electron chi connectivity index (χ1n) is 6.55. The van der Waals surface area contributed by atoms with Crippen LogP contribution < -0.4 is 20.5 Å². The summed E-state index contributed by atoms with van der Waals surface area (Å²) in [6.07, 6.45) is 0.585. The van der Waals surface area contributed by atoms with Gasteiger partial charge in [-0.05, 0) is 12.5 Å². The van der Waals surface area contributed by atoms with E-state index >= 15 is 0 Å². The van der Waals surface area contributed by atoms with E-state index in [2.05, 4.69) is 5.32 Å². The fourth-order valence-corrected chi connectivity index (χ4v) is 2.27. The van der Waals surface area contributed by atoms with Crippen LogP contribution in [0, 0.1) is 0 Å². The Morgan fingerprint density at radius 1 is 1.38 bits per heavy atom. The van der Waals surface area contributed by atoms with E-state index in [4.69, 9.17) is 15.2 Å². The second kappa shape index (κ2) is 5.90. The van der Waals surface area contributed by atoms with Crippen LogP contribution in [0.5, 0.6) is 11.5 Å². The van der Waals surface area contributed by atoms with Crippen LogP contribution in [-0.2, 0) is 4.79 Å². The number of rotatable bonds is 4. The molecular weight excluding hydrogens is 274 g/mol. The summed E-state index contributed by atoms with van der Waals surface area (Å²) in [5.41, 5.74) is 6.37. The van der Waals surface area contributed by atoms with Crippen LogP contribution >= 0.6 is 0 Å². The highest BCUT2D eigenvalue weighted by molar-refractivity contribution is 6.03. The third-order valence-corrected chi connectivity index (χ3v) is 3.55. The summed E-state index contributed by atoms with van der Waals surface area (Å²) in [7, 11) is 4.65. The van der Waals surface area contributed by atoms with Crippen LogP contribution in [0.4, 0.5) is 5.69 Å². The first-order valence-corrected chi connectivity index (χ1v) is 6.55. The molecule has 1 saturated heterocycles. The molecule has 7 heteroatoms. The van der Waals surface area contributed by atoms with E-state index in [1.165, 1.54) is 20.3 Å². The average molecular weight is 293 g/mol. The van der Waals surface area contributed by atoms with Crippen molar-refractivity contribution >= 4 is 17.5 Å². The van der Waals surface area contributed by atoms with Crippen LogP contribution in [0.3, 0.4) is 0 Å². The Hall–Kier alpha value is -2.44. The molecule has 0 radical (unpaired) electrons. The Morgan fingerprint density at radius 2 is 2.10 bits per heavy atom. The number of nitrogens with one attached hydrogen (secondary N) is 1. The van der Waals surface area contributed by atoms with Gasteiger partial charge in [0.25, 0.3) is 5.91 Å². The lowest BCUT2D eigenvalue weighted by molar-refractivity contribution is -0.128. The number of likely N-dealkylation sites (tertiary alicyclic amines) is 1. The highest BCUT2D eigenvalue weighted by Crippen LogP contribution is 2.31. The van der Waals surface area contributed by atoms with Gasteiger partial charge in [0, 0.05) is 19.7 Å². The Bertz CT molecular complexity index is 574. The molecule has 21 heavy (non-hydrogen) atoms. The summed E-state index contributed by atoms with van der Waals surface area (Å²) < 4.78 is 10.2. The third kappa shape index (κ3) is 2.86. The highest BCUT2D eigenvalue weighted by atomic mass is 16.5. The number of nitrogens with two attached hydrogens (primary N) is 1. The maximum absolute atomic E-state index is 12.3. The van der Waals surface area contributed by atoms with Gasteiger partial charge >= 0.3 is 0 Å². The smallest absolute Gasteiger partial charge is 0.254 e. The number of methoxy groups -OCH3 is 2. The first-order chi connectivity index (χ1) is 9.97. The number of ether oxygens (including phenoxy) is 2. The molecule has 1 fully saturated rings. The molecule has 0 spiro atoms. The van der Waals surface area contributed by atoms with Crippen molar-refractivity contribution in [1.82, 2.24) is 10.2 Å². The molecule has 1 atom stereocenters. The lowest BCUT2D eigenvalue weighted by atomic mass is 10.1. The monoisotopic (exact) mass is 293 g/mol. The molecule has 1 aliphatic heterocycles. The van der Waals surface area contributed by atoms with Crippen LogP contribution in [0.2, 0.25) is 0 Å². The highest BCUT2D eigenvalue weighted by Gasteiger charge is 2.31. The molecule has 7 nitrogen and oxygen atoms in total. The minimum absolute atomic E-state index is 0.100. The van der Waals surface area contributed by atoms with Gasteiger partial charge in [-0.3, -0.25) is 9.59 Å². The number of carbonyl (C=O) groups excluding carboxylic acids is 2. The minimum atomic E-state index is -0.515. The van der Waals surface area contributed by atoms with E-state index in [1.807, 2.05) is 0 Å². The predicted octanol–water partition coefficient (Wildman–Crippen LogP) is 0.246. The van der Waals surface area contributed by atoms with Gasteiger partial charge in [-0.1, -0.05) is 0 Å². The molecule has 1 unspecified atom stereocenters.